The van der Waals surface area contributed by atoms with Gasteiger partial charge in [-0.2, -0.15) is 5.10 Å². The maximum absolute atomic E-state index is 5.61. The molecular weight excluding hydrogens is 192 g/mol. The lowest BCUT2D eigenvalue weighted by molar-refractivity contribution is 0.300. The van der Waals surface area contributed by atoms with Gasteiger partial charge in [-0.15, -0.1) is 0 Å². The number of benzene rings is 1. The van der Waals surface area contributed by atoms with Crippen LogP contribution in [0, 0.1) is 0 Å². The summed E-state index contributed by atoms with van der Waals surface area (Å²) in [6.07, 6.45) is 1.79. The molecule has 0 spiro atoms. The molecule has 0 saturated heterocycles. The fraction of sp³-hybridized carbons (Fsp3) is 0.182. The molecule has 0 saturated carbocycles. The number of H-pyrrole nitrogens is 1. The fourth-order valence-electron chi connectivity index (χ4n) is 1.76. The zero-order chi connectivity index (χ0) is 10.3. The lowest BCUT2D eigenvalue weighted by Gasteiger charge is -2.17. The van der Waals surface area contributed by atoms with E-state index in [9.17, 15) is 0 Å². The van der Waals surface area contributed by atoms with Crippen molar-refractivity contribution in [1.29, 1.82) is 0 Å². The van der Waals surface area contributed by atoms with Gasteiger partial charge in [0.2, 0.25) is 0 Å². The summed E-state index contributed by atoms with van der Waals surface area (Å²) < 4.78 is 10.8. The zero-order valence-corrected chi connectivity index (χ0v) is 8.28. The van der Waals surface area contributed by atoms with Crippen molar-refractivity contribution in [2.45, 2.75) is 6.61 Å². The first-order chi connectivity index (χ1) is 7.38. The van der Waals surface area contributed by atoms with Crippen molar-refractivity contribution < 1.29 is 9.47 Å². The van der Waals surface area contributed by atoms with Crippen LogP contribution in [0.3, 0.4) is 0 Å². The monoisotopic (exact) mass is 202 g/mol. The van der Waals surface area contributed by atoms with E-state index in [0.29, 0.717) is 6.61 Å². The Morgan fingerprint density at radius 2 is 2.40 bits per heavy atom. The summed E-state index contributed by atoms with van der Waals surface area (Å²) in [5.41, 5.74) is 3.17. The van der Waals surface area contributed by atoms with E-state index in [1.165, 1.54) is 0 Å². The van der Waals surface area contributed by atoms with Crippen LogP contribution in [-0.4, -0.2) is 17.3 Å². The van der Waals surface area contributed by atoms with Gasteiger partial charge >= 0.3 is 0 Å². The summed E-state index contributed by atoms with van der Waals surface area (Å²) >= 11 is 0. The summed E-state index contributed by atoms with van der Waals surface area (Å²) in [5, 5.41) is 6.99. The average molecular weight is 202 g/mol. The fourth-order valence-corrected chi connectivity index (χ4v) is 1.76. The predicted molar refractivity (Wildman–Crippen MR) is 54.9 cm³/mol. The average Bonchev–Trinajstić information content (AvgIpc) is 2.76. The summed E-state index contributed by atoms with van der Waals surface area (Å²) in [4.78, 5) is 0. The summed E-state index contributed by atoms with van der Waals surface area (Å²) in [6.45, 7) is 0.562. The Morgan fingerprint density at radius 1 is 1.47 bits per heavy atom. The van der Waals surface area contributed by atoms with Gasteiger partial charge in [0.15, 0.2) is 0 Å². The molecule has 2 heterocycles. The highest BCUT2D eigenvalue weighted by Crippen LogP contribution is 2.37. The Kier molecular flexibility index (Phi) is 1.68. The van der Waals surface area contributed by atoms with Crippen molar-refractivity contribution in [3.63, 3.8) is 0 Å². The van der Waals surface area contributed by atoms with Gasteiger partial charge in [-0.25, -0.2) is 0 Å². The molecule has 1 aliphatic rings. The van der Waals surface area contributed by atoms with E-state index >= 15 is 0 Å². The van der Waals surface area contributed by atoms with E-state index in [2.05, 4.69) is 10.2 Å². The van der Waals surface area contributed by atoms with E-state index in [0.717, 1.165) is 28.3 Å². The molecule has 0 unspecified atom stereocenters. The molecule has 0 radical (unpaired) electrons. The summed E-state index contributed by atoms with van der Waals surface area (Å²) in [5.74, 6) is 1.64. The Morgan fingerprint density at radius 3 is 3.27 bits per heavy atom. The molecule has 0 aliphatic carbocycles. The number of aromatic nitrogens is 2. The highest BCUT2D eigenvalue weighted by molar-refractivity contribution is 5.72. The number of ether oxygens (including phenoxy) is 2. The molecule has 0 bridgehead atoms. The van der Waals surface area contributed by atoms with Gasteiger partial charge in [0.05, 0.1) is 19.0 Å². The van der Waals surface area contributed by atoms with Crippen LogP contribution >= 0.6 is 0 Å². The van der Waals surface area contributed by atoms with Gasteiger partial charge in [0, 0.05) is 17.2 Å². The molecule has 0 fully saturated rings. The molecule has 4 heteroatoms. The maximum Gasteiger partial charge on any atom is 0.132 e. The molecule has 15 heavy (non-hydrogen) atoms. The van der Waals surface area contributed by atoms with Crippen molar-refractivity contribution in [2.75, 3.05) is 7.11 Å². The lowest BCUT2D eigenvalue weighted by Crippen LogP contribution is -2.03. The molecule has 4 nitrogen and oxygen atoms in total. The van der Waals surface area contributed by atoms with Crippen LogP contribution in [-0.2, 0) is 6.61 Å². The summed E-state index contributed by atoms with van der Waals surface area (Å²) in [7, 11) is 1.65. The number of nitrogens with zero attached hydrogens (tertiary/aromatic N) is 1. The molecule has 1 aliphatic heterocycles. The van der Waals surface area contributed by atoms with Gasteiger partial charge in [0.1, 0.15) is 18.1 Å². The molecule has 2 aromatic rings. The van der Waals surface area contributed by atoms with Crippen molar-refractivity contribution in [3.05, 3.63) is 30.0 Å². The second kappa shape index (κ2) is 3.02. The van der Waals surface area contributed by atoms with Crippen molar-refractivity contribution in [2.24, 2.45) is 0 Å². The second-order valence-electron chi connectivity index (χ2n) is 3.42. The molecule has 1 aromatic heterocycles. The third kappa shape index (κ3) is 1.18. The molecular formula is C11H10N2O2. The second-order valence-corrected chi connectivity index (χ2v) is 3.42. The minimum absolute atomic E-state index is 0.562. The van der Waals surface area contributed by atoms with Gasteiger partial charge in [-0.3, -0.25) is 5.10 Å². The zero-order valence-electron chi connectivity index (χ0n) is 8.28. The topological polar surface area (TPSA) is 47.1 Å². The number of hydrogen-bond donors (Lipinski definition) is 1. The SMILES string of the molecule is COc1ccc2c(c1)OCc1cn[nH]c1-2. The molecule has 1 aromatic carbocycles. The quantitative estimate of drug-likeness (QED) is 0.769. The number of aromatic amines is 1. The van der Waals surface area contributed by atoms with Crippen molar-refractivity contribution in [3.8, 4) is 22.8 Å². The molecule has 1 N–H and O–H groups in total. The van der Waals surface area contributed by atoms with Crippen molar-refractivity contribution in [1.82, 2.24) is 10.2 Å². The van der Waals surface area contributed by atoms with Crippen LogP contribution in [0.5, 0.6) is 11.5 Å². The minimum Gasteiger partial charge on any atom is -0.497 e. The van der Waals surface area contributed by atoms with Crippen LogP contribution < -0.4 is 9.47 Å². The number of nitrogens with one attached hydrogen (secondary N) is 1. The Bertz CT molecular complexity index is 505. The van der Waals surface area contributed by atoms with Gasteiger partial charge < -0.3 is 9.47 Å². The van der Waals surface area contributed by atoms with Gasteiger partial charge in [0.25, 0.3) is 0 Å². The van der Waals surface area contributed by atoms with Crippen LogP contribution in [0.15, 0.2) is 24.4 Å². The Balaban J connectivity index is 2.18. The minimum atomic E-state index is 0.562. The van der Waals surface area contributed by atoms with E-state index < -0.39 is 0 Å². The highest BCUT2D eigenvalue weighted by Gasteiger charge is 2.19. The maximum atomic E-state index is 5.61. The molecule has 76 valence electrons. The first kappa shape index (κ1) is 8.35. The van der Waals surface area contributed by atoms with E-state index in [1.54, 1.807) is 13.3 Å². The third-order valence-electron chi connectivity index (χ3n) is 2.56. The van der Waals surface area contributed by atoms with Gasteiger partial charge in [-0.1, -0.05) is 0 Å². The van der Waals surface area contributed by atoms with Crippen LogP contribution in [0.2, 0.25) is 0 Å². The van der Waals surface area contributed by atoms with E-state index in [4.69, 9.17) is 9.47 Å². The number of fused-ring (bicyclic) bond motifs is 3. The van der Waals surface area contributed by atoms with Crippen molar-refractivity contribution >= 4 is 0 Å². The van der Waals surface area contributed by atoms with E-state index in [-0.39, 0.29) is 0 Å². The van der Waals surface area contributed by atoms with Crippen LogP contribution in [0.25, 0.3) is 11.3 Å². The Hall–Kier alpha value is -1.97. The number of methoxy groups -OCH3 is 1. The third-order valence-corrected chi connectivity index (χ3v) is 2.56. The van der Waals surface area contributed by atoms with E-state index in [1.807, 2.05) is 18.2 Å². The predicted octanol–water partition coefficient (Wildman–Crippen LogP) is 1.98. The smallest absolute Gasteiger partial charge is 0.132 e. The molecule has 0 atom stereocenters. The first-order valence-corrected chi connectivity index (χ1v) is 4.72. The standard InChI is InChI=1S/C11H10N2O2/c1-14-8-2-3-9-10(4-8)15-6-7-5-12-13-11(7)9/h2-5H,6H2,1H3,(H,12,13). The lowest BCUT2D eigenvalue weighted by atomic mass is 10.0. The normalized spacial score (nSPS) is 12.6. The summed E-state index contributed by atoms with van der Waals surface area (Å²) in [6, 6.07) is 5.78. The molecule has 0 amide bonds. The van der Waals surface area contributed by atoms with Crippen LogP contribution in [0.1, 0.15) is 5.56 Å². The first-order valence-electron chi connectivity index (χ1n) is 4.72. The molecule has 3 rings (SSSR count). The van der Waals surface area contributed by atoms with Crippen LogP contribution in [0.4, 0.5) is 0 Å². The highest BCUT2D eigenvalue weighted by atomic mass is 16.5. The number of hydrogen-bond acceptors (Lipinski definition) is 3. The Labute approximate surface area is 86.8 Å². The van der Waals surface area contributed by atoms with Gasteiger partial charge in [-0.05, 0) is 12.1 Å². The number of rotatable bonds is 1. The largest absolute Gasteiger partial charge is 0.497 e.